The minimum atomic E-state index is -2.96. The van der Waals surface area contributed by atoms with E-state index >= 15 is 0 Å². The van der Waals surface area contributed by atoms with Crippen molar-refractivity contribution in [1.29, 1.82) is 0 Å². The Labute approximate surface area is 90.2 Å². The van der Waals surface area contributed by atoms with Crippen molar-refractivity contribution in [2.45, 2.75) is 26.3 Å². The zero-order valence-corrected chi connectivity index (χ0v) is 10.1. The molecule has 0 fully saturated rings. The molecule has 0 amide bonds. The third kappa shape index (κ3) is 3.23. The van der Waals surface area contributed by atoms with Crippen LogP contribution in [0.3, 0.4) is 0 Å². The Hall–Kier alpha value is -1.04. The summed E-state index contributed by atoms with van der Waals surface area (Å²) >= 11 is 0. The van der Waals surface area contributed by atoms with Crippen molar-refractivity contribution in [3.63, 3.8) is 0 Å². The largest absolute Gasteiger partial charge is 0.396 e. The first-order valence-corrected chi connectivity index (χ1v) is 6.86. The number of aryl methyl sites for hydroxylation is 1. The number of anilines is 1. The second-order valence-electron chi connectivity index (χ2n) is 3.99. The highest BCUT2D eigenvalue weighted by Gasteiger charge is 2.13. The molecule has 0 unspecified atom stereocenters. The lowest BCUT2D eigenvalue weighted by molar-refractivity contribution is 0.570. The van der Waals surface area contributed by atoms with Gasteiger partial charge in [0.15, 0.2) is 0 Å². The van der Waals surface area contributed by atoms with Crippen molar-refractivity contribution < 1.29 is 8.42 Å². The molecule has 86 valence electrons. The molecule has 0 saturated heterocycles. The van der Waals surface area contributed by atoms with Crippen LogP contribution in [0.1, 0.15) is 25.5 Å². The van der Waals surface area contributed by atoms with Gasteiger partial charge in [0.25, 0.3) is 0 Å². The molecule has 0 aliphatic carbocycles. The fourth-order valence-electron chi connectivity index (χ4n) is 1.47. The molecule has 1 aromatic heterocycles. The summed E-state index contributed by atoms with van der Waals surface area (Å²) in [7, 11) is -2.96. The highest BCUT2D eigenvalue weighted by atomic mass is 32.2. The molecule has 1 heterocycles. The molecule has 0 saturated carbocycles. The van der Waals surface area contributed by atoms with Gasteiger partial charge in [0.2, 0.25) is 0 Å². The number of hydrogen-bond donors (Lipinski definition) is 1. The zero-order chi connectivity index (χ0) is 11.6. The molecule has 1 rings (SSSR count). The molecule has 6 heteroatoms. The molecule has 5 nitrogen and oxygen atoms in total. The summed E-state index contributed by atoms with van der Waals surface area (Å²) in [5, 5.41) is 4.07. The normalized spacial score (nSPS) is 12.3. The molecule has 0 atom stereocenters. The van der Waals surface area contributed by atoms with Crippen molar-refractivity contribution in [1.82, 2.24) is 9.78 Å². The SMILES string of the molecule is CC(C)c1c(N)cnn1CCS(C)(=O)=O. The van der Waals surface area contributed by atoms with Gasteiger partial charge in [0.1, 0.15) is 9.84 Å². The Morgan fingerprint density at radius 2 is 2.13 bits per heavy atom. The fourth-order valence-corrected chi connectivity index (χ4v) is 1.98. The van der Waals surface area contributed by atoms with Crippen LogP contribution in [0.2, 0.25) is 0 Å². The summed E-state index contributed by atoms with van der Waals surface area (Å²) in [6.07, 6.45) is 2.78. The first-order valence-electron chi connectivity index (χ1n) is 4.80. The zero-order valence-electron chi connectivity index (χ0n) is 9.27. The minimum absolute atomic E-state index is 0.0911. The van der Waals surface area contributed by atoms with Gasteiger partial charge in [0.05, 0.1) is 29.9 Å². The van der Waals surface area contributed by atoms with Crippen LogP contribution < -0.4 is 5.73 Å². The van der Waals surface area contributed by atoms with Crippen LogP contribution in [-0.2, 0) is 16.4 Å². The number of nitrogens with zero attached hydrogens (tertiary/aromatic N) is 2. The van der Waals surface area contributed by atoms with Crippen molar-refractivity contribution in [3.8, 4) is 0 Å². The summed E-state index contributed by atoms with van der Waals surface area (Å²) in [6.45, 7) is 4.37. The van der Waals surface area contributed by atoms with E-state index in [1.165, 1.54) is 6.26 Å². The van der Waals surface area contributed by atoms with Crippen LogP contribution in [0.25, 0.3) is 0 Å². The monoisotopic (exact) mass is 231 g/mol. The Morgan fingerprint density at radius 3 is 2.60 bits per heavy atom. The topological polar surface area (TPSA) is 78.0 Å². The maximum atomic E-state index is 11.0. The molecule has 0 aromatic carbocycles. The first-order chi connectivity index (χ1) is 6.81. The summed E-state index contributed by atoms with van der Waals surface area (Å²) < 4.78 is 23.7. The van der Waals surface area contributed by atoms with E-state index in [0.717, 1.165) is 5.69 Å². The van der Waals surface area contributed by atoms with Crippen LogP contribution in [0, 0.1) is 0 Å². The van der Waals surface area contributed by atoms with Crippen LogP contribution in [0.15, 0.2) is 6.20 Å². The van der Waals surface area contributed by atoms with E-state index in [2.05, 4.69) is 5.10 Å². The van der Waals surface area contributed by atoms with Gasteiger partial charge in [-0.25, -0.2) is 8.42 Å². The number of hydrogen-bond acceptors (Lipinski definition) is 4. The number of rotatable bonds is 4. The van der Waals surface area contributed by atoms with Crippen LogP contribution in [0.5, 0.6) is 0 Å². The summed E-state index contributed by atoms with van der Waals surface area (Å²) in [6, 6.07) is 0. The van der Waals surface area contributed by atoms with Gasteiger partial charge in [-0.3, -0.25) is 4.68 Å². The molecule has 0 aliphatic rings. The molecular weight excluding hydrogens is 214 g/mol. The molecule has 0 bridgehead atoms. The van der Waals surface area contributed by atoms with E-state index in [9.17, 15) is 8.42 Å². The third-order valence-corrected chi connectivity index (χ3v) is 3.05. The van der Waals surface area contributed by atoms with Crippen molar-refractivity contribution >= 4 is 15.5 Å². The summed E-state index contributed by atoms with van der Waals surface area (Å²) in [5.74, 6) is 0.334. The van der Waals surface area contributed by atoms with E-state index in [-0.39, 0.29) is 11.7 Å². The highest BCUT2D eigenvalue weighted by Crippen LogP contribution is 2.20. The molecule has 0 spiro atoms. The number of nitrogens with two attached hydrogens (primary N) is 1. The van der Waals surface area contributed by atoms with Gasteiger partial charge >= 0.3 is 0 Å². The lowest BCUT2D eigenvalue weighted by atomic mass is 10.1. The van der Waals surface area contributed by atoms with Crippen molar-refractivity contribution in [2.75, 3.05) is 17.7 Å². The van der Waals surface area contributed by atoms with E-state index in [4.69, 9.17) is 5.73 Å². The first kappa shape index (κ1) is 12.0. The van der Waals surface area contributed by atoms with E-state index in [1.807, 2.05) is 13.8 Å². The minimum Gasteiger partial charge on any atom is -0.396 e. The third-order valence-electron chi connectivity index (χ3n) is 2.13. The average Bonchev–Trinajstić information content (AvgIpc) is 2.42. The van der Waals surface area contributed by atoms with Gasteiger partial charge in [-0.05, 0) is 5.92 Å². The number of nitrogen functional groups attached to an aromatic ring is 1. The van der Waals surface area contributed by atoms with E-state index in [0.29, 0.717) is 12.2 Å². The molecule has 0 radical (unpaired) electrons. The average molecular weight is 231 g/mol. The van der Waals surface area contributed by atoms with Crippen LogP contribution in [0.4, 0.5) is 5.69 Å². The van der Waals surface area contributed by atoms with Gasteiger partial charge < -0.3 is 5.73 Å². The lowest BCUT2D eigenvalue weighted by Gasteiger charge is -2.10. The Morgan fingerprint density at radius 1 is 1.53 bits per heavy atom. The highest BCUT2D eigenvalue weighted by molar-refractivity contribution is 7.90. The predicted octanol–water partition coefficient (Wildman–Crippen LogP) is 0.633. The number of sulfone groups is 1. The lowest BCUT2D eigenvalue weighted by Crippen LogP contribution is -2.15. The van der Waals surface area contributed by atoms with E-state index < -0.39 is 9.84 Å². The molecule has 15 heavy (non-hydrogen) atoms. The molecule has 2 N–H and O–H groups in total. The van der Waals surface area contributed by atoms with Gasteiger partial charge in [-0.2, -0.15) is 5.10 Å². The van der Waals surface area contributed by atoms with Crippen molar-refractivity contribution in [2.24, 2.45) is 0 Å². The predicted molar refractivity (Wildman–Crippen MR) is 60.4 cm³/mol. The summed E-state index contributed by atoms with van der Waals surface area (Å²) in [4.78, 5) is 0. The second kappa shape index (κ2) is 4.22. The molecule has 0 aliphatic heterocycles. The van der Waals surface area contributed by atoms with Crippen molar-refractivity contribution in [3.05, 3.63) is 11.9 Å². The standard InChI is InChI=1S/C9H17N3O2S/c1-7(2)9-8(10)6-11-12(9)4-5-15(3,13)14/h6-7H,4-5,10H2,1-3H3. The van der Waals surface area contributed by atoms with Crippen LogP contribution >= 0.6 is 0 Å². The Kier molecular flexibility index (Phi) is 3.38. The Bertz CT molecular complexity index is 434. The maximum absolute atomic E-state index is 11.0. The quantitative estimate of drug-likeness (QED) is 0.824. The van der Waals surface area contributed by atoms with Gasteiger partial charge in [-0.1, -0.05) is 13.8 Å². The fraction of sp³-hybridized carbons (Fsp3) is 0.667. The van der Waals surface area contributed by atoms with E-state index in [1.54, 1.807) is 10.9 Å². The van der Waals surface area contributed by atoms with Crippen LogP contribution in [-0.4, -0.2) is 30.2 Å². The smallest absolute Gasteiger partial charge is 0.149 e. The maximum Gasteiger partial charge on any atom is 0.149 e. The molecule has 1 aromatic rings. The second-order valence-corrected chi connectivity index (χ2v) is 6.25. The molecular formula is C9H17N3O2S. The van der Waals surface area contributed by atoms with Gasteiger partial charge in [0, 0.05) is 6.26 Å². The Balaban J connectivity index is 2.87. The number of aromatic nitrogens is 2. The van der Waals surface area contributed by atoms with Gasteiger partial charge in [-0.15, -0.1) is 0 Å². The summed E-state index contributed by atoms with van der Waals surface area (Å²) in [5.41, 5.74) is 7.27.